The van der Waals surface area contributed by atoms with Crippen LogP contribution in [0.15, 0.2) is 48.5 Å². The van der Waals surface area contributed by atoms with Gasteiger partial charge in [0.25, 0.3) is 0 Å². The minimum Gasteiger partial charge on any atom is -0.473 e. The van der Waals surface area contributed by atoms with E-state index in [1.54, 1.807) is 0 Å². The molecular weight excluding hydrogens is 382 g/mol. The van der Waals surface area contributed by atoms with Gasteiger partial charge in [0.2, 0.25) is 0 Å². The normalized spacial score (nSPS) is 12.1. The summed E-state index contributed by atoms with van der Waals surface area (Å²) in [6.07, 6.45) is 0. The highest BCUT2D eigenvalue weighted by Gasteiger charge is 2.24. The van der Waals surface area contributed by atoms with Crippen LogP contribution < -0.4 is 9.05 Å². The largest absolute Gasteiger partial charge is 0.473 e. The van der Waals surface area contributed by atoms with E-state index in [2.05, 4.69) is 104 Å². The molecule has 0 aliphatic carbocycles. The maximum atomic E-state index is 6.59. The molecule has 28 heavy (non-hydrogen) atoms. The lowest BCUT2D eigenvalue weighted by atomic mass is 10.0. The van der Waals surface area contributed by atoms with E-state index >= 15 is 0 Å². The second-order valence-electron chi connectivity index (χ2n) is 8.27. The molecule has 0 bridgehead atoms. The molecule has 2 rings (SSSR count). The molecule has 0 saturated heterocycles. The topological polar surface area (TPSA) is 18.5 Å². The minimum atomic E-state index is -0.545. The number of hydrogen-bond donors (Lipinski definition) is 0. The van der Waals surface area contributed by atoms with Crippen molar-refractivity contribution in [3.05, 3.63) is 48.5 Å². The molecule has 0 spiro atoms. The molecule has 2 aromatic carbocycles. The number of hydrogen-bond acceptors (Lipinski definition) is 2. The second kappa shape index (κ2) is 10.6. The van der Waals surface area contributed by atoms with Crippen LogP contribution in [0.3, 0.4) is 0 Å². The zero-order valence-electron chi connectivity index (χ0n) is 18.6. The Labute approximate surface area is 174 Å². The van der Waals surface area contributed by atoms with Crippen LogP contribution >= 0.6 is 16.3 Å². The maximum absolute atomic E-state index is 6.59. The molecule has 0 amide bonds. The third-order valence-corrected chi connectivity index (χ3v) is 9.39. The van der Waals surface area contributed by atoms with E-state index in [9.17, 15) is 0 Å². The van der Waals surface area contributed by atoms with Gasteiger partial charge in [-0.05, 0) is 12.1 Å². The van der Waals surface area contributed by atoms with E-state index in [1.165, 1.54) is 0 Å². The lowest BCUT2D eigenvalue weighted by molar-refractivity contribution is 0.586. The molecule has 0 atom stereocenters. The molecule has 0 unspecified atom stereocenters. The van der Waals surface area contributed by atoms with Crippen molar-refractivity contribution < 1.29 is 9.05 Å². The van der Waals surface area contributed by atoms with Crippen LogP contribution in [0.5, 0.6) is 11.5 Å². The summed E-state index contributed by atoms with van der Waals surface area (Å²) in [5.74, 6) is 1.93. The Morgan fingerprint density at radius 3 is 1.07 bits per heavy atom. The first-order valence-corrected chi connectivity index (χ1v) is 13.1. The van der Waals surface area contributed by atoms with Gasteiger partial charge in [0, 0.05) is 33.8 Å². The van der Waals surface area contributed by atoms with Crippen LogP contribution in [0, 0.1) is 0 Å². The van der Waals surface area contributed by atoms with E-state index in [0.29, 0.717) is 22.6 Å². The summed E-state index contributed by atoms with van der Waals surface area (Å²) in [7, 11) is -1.09. The molecule has 154 valence electrons. The van der Waals surface area contributed by atoms with Gasteiger partial charge < -0.3 is 9.05 Å². The molecule has 0 aliphatic rings. The fourth-order valence-corrected chi connectivity index (χ4v) is 7.38. The summed E-state index contributed by atoms with van der Waals surface area (Å²) < 4.78 is 13.2. The quantitative estimate of drug-likeness (QED) is 0.380. The predicted octanol–water partition coefficient (Wildman–Crippen LogP) is 8.54. The van der Waals surface area contributed by atoms with Gasteiger partial charge in [0.1, 0.15) is 11.5 Å². The fourth-order valence-electron chi connectivity index (χ4n) is 3.38. The summed E-state index contributed by atoms with van der Waals surface area (Å²) in [4.78, 5) is 0. The highest BCUT2D eigenvalue weighted by molar-refractivity contribution is 7.54. The van der Waals surface area contributed by atoms with Crippen molar-refractivity contribution in [3.8, 4) is 22.6 Å². The number of benzene rings is 2. The standard InChI is InChI=1S/C24H36O2P2/c1-17(2)27(18(3)4)25-23-15-11-9-13-21(23)22-14-10-12-16-24(22)26-28(19(5)6)20(7)8/h9-20H,1-8H3. The summed E-state index contributed by atoms with van der Waals surface area (Å²) in [6.45, 7) is 18.0. The van der Waals surface area contributed by atoms with Crippen LogP contribution in [0.4, 0.5) is 0 Å². The van der Waals surface area contributed by atoms with E-state index in [4.69, 9.17) is 9.05 Å². The Morgan fingerprint density at radius 1 is 0.500 bits per heavy atom. The highest BCUT2D eigenvalue weighted by Crippen LogP contribution is 2.52. The smallest absolute Gasteiger partial charge is 0.131 e. The van der Waals surface area contributed by atoms with Crippen LogP contribution in [0.25, 0.3) is 11.1 Å². The number of rotatable bonds is 9. The van der Waals surface area contributed by atoms with Gasteiger partial charge in [0.05, 0.1) is 16.3 Å². The Morgan fingerprint density at radius 2 is 0.786 bits per heavy atom. The van der Waals surface area contributed by atoms with Crippen LogP contribution in [-0.4, -0.2) is 22.6 Å². The average molecular weight is 418 g/mol. The van der Waals surface area contributed by atoms with Gasteiger partial charge >= 0.3 is 0 Å². The van der Waals surface area contributed by atoms with Gasteiger partial charge in [0.15, 0.2) is 0 Å². The number of para-hydroxylation sites is 2. The second-order valence-corrected chi connectivity index (χ2v) is 14.2. The van der Waals surface area contributed by atoms with Crippen molar-refractivity contribution >= 4 is 16.3 Å². The van der Waals surface area contributed by atoms with E-state index in [1.807, 2.05) is 0 Å². The van der Waals surface area contributed by atoms with Gasteiger partial charge in [-0.1, -0.05) is 91.8 Å². The van der Waals surface area contributed by atoms with Gasteiger partial charge in [-0.25, -0.2) is 0 Å². The minimum absolute atomic E-state index is 0.518. The molecule has 2 aromatic rings. The fraction of sp³-hybridized carbons (Fsp3) is 0.500. The monoisotopic (exact) mass is 418 g/mol. The molecule has 0 aliphatic heterocycles. The van der Waals surface area contributed by atoms with E-state index in [0.717, 1.165) is 22.6 Å². The van der Waals surface area contributed by atoms with Crippen molar-refractivity contribution in [2.24, 2.45) is 0 Å². The first kappa shape index (κ1) is 23.2. The highest BCUT2D eigenvalue weighted by atomic mass is 31.1. The molecule has 0 heterocycles. The lowest BCUT2D eigenvalue weighted by Crippen LogP contribution is -2.09. The molecular formula is C24H36O2P2. The van der Waals surface area contributed by atoms with Crippen molar-refractivity contribution in [2.45, 2.75) is 78.0 Å². The zero-order chi connectivity index (χ0) is 20.8. The molecule has 0 N–H and O–H groups in total. The van der Waals surface area contributed by atoms with Crippen LogP contribution in [0.1, 0.15) is 55.4 Å². The van der Waals surface area contributed by atoms with E-state index in [-0.39, 0.29) is 0 Å². The van der Waals surface area contributed by atoms with Crippen molar-refractivity contribution in [1.82, 2.24) is 0 Å². The van der Waals surface area contributed by atoms with E-state index < -0.39 is 16.3 Å². The lowest BCUT2D eigenvalue weighted by Gasteiger charge is -2.28. The molecule has 2 nitrogen and oxygen atoms in total. The maximum Gasteiger partial charge on any atom is 0.131 e. The zero-order valence-corrected chi connectivity index (χ0v) is 20.4. The van der Waals surface area contributed by atoms with Crippen molar-refractivity contribution in [3.63, 3.8) is 0 Å². The molecule has 0 radical (unpaired) electrons. The van der Waals surface area contributed by atoms with Crippen molar-refractivity contribution in [2.75, 3.05) is 0 Å². The third kappa shape index (κ3) is 5.95. The Kier molecular flexibility index (Phi) is 8.79. The molecule has 0 saturated carbocycles. The predicted molar refractivity (Wildman–Crippen MR) is 128 cm³/mol. The van der Waals surface area contributed by atoms with Crippen LogP contribution in [0.2, 0.25) is 0 Å². The average Bonchev–Trinajstić information content (AvgIpc) is 2.63. The van der Waals surface area contributed by atoms with Gasteiger partial charge in [-0.3, -0.25) is 0 Å². The van der Waals surface area contributed by atoms with Crippen LogP contribution in [-0.2, 0) is 0 Å². The van der Waals surface area contributed by atoms with Gasteiger partial charge in [-0.2, -0.15) is 0 Å². The molecule has 4 heteroatoms. The summed E-state index contributed by atoms with van der Waals surface area (Å²) in [5.41, 5.74) is 4.31. The molecule has 0 fully saturated rings. The summed E-state index contributed by atoms with van der Waals surface area (Å²) in [6, 6.07) is 16.8. The Hall–Kier alpha value is -1.10. The van der Waals surface area contributed by atoms with Gasteiger partial charge in [-0.15, -0.1) is 0 Å². The summed E-state index contributed by atoms with van der Waals surface area (Å²) in [5, 5.41) is 0. The summed E-state index contributed by atoms with van der Waals surface area (Å²) >= 11 is 0. The van der Waals surface area contributed by atoms with Crippen molar-refractivity contribution in [1.29, 1.82) is 0 Å². The Bertz CT molecular complexity index is 661. The first-order valence-electron chi connectivity index (χ1n) is 10.3. The third-order valence-electron chi connectivity index (χ3n) is 4.51. The first-order chi connectivity index (χ1) is 13.2. The SMILES string of the molecule is CC(C)P(Oc1ccccc1-c1ccccc1OP(C(C)C)C(C)C)C(C)C. The molecule has 0 aromatic heterocycles. The Balaban J connectivity index is 2.44.